The van der Waals surface area contributed by atoms with E-state index in [4.69, 9.17) is 5.73 Å². The van der Waals surface area contributed by atoms with Crippen molar-refractivity contribution in [2.75, 3.05) is 26.7 Å². The predicted molar refractivity (Wildman–Crippen MR) is 77.0 cm³/mol. The summed E-state index contributed by atoms with van der Waals surface area (Å²) >= 11 is 0. The summed E-state index contributed by atoms with van der Waals surface area (Å²) in [5.74, 6) is -0.262. The average molecular weight is 278 g/mol. The summed E-state index contributed by atoms with van der Waals surface area (Å²) in [7, 11) is 1.62. The quantitative estimate of drug-likeness (QED) is 0.821. The molecule has 0 aliphatic carbocycles. The van der Waals surface area contributed by atoms with Crippen molar-refractivity contribution < 1.29 is 9.59 Å². The molecule has 110 valence electrons. The smallest absolute Gasteiger partial charge is 0.254 e. The van der Waals surface area contributed by atoms with Gasteiger partial charge in [0.2, 0.25) is 5.91 Å². The molecule has 0 unspecified atom stereocenters. The number of pyridine rings is 1. The highest BCUT2D eigenvalue weighted by molar-refractivity contribution is 5.96. The molecule has 1 rings (SSSR count). The van der Waals surface area contributed by atoms with Gasteiger partial charge in [0, 0.05) is 38.4 Å². The zero-order valence-electron chi connectivity index (χ0n) is 12.3. The maximum Gasteiger partial charge on any atom is 0.254 e. The normalized spacial score (nSPS) is 10.2. The molecule has 20 heavy (non-hydrogen) atoms. The van der Waals surface area contributed by atoms with E-state index in [0.717, 1.165) is 0 Å². The fraction of sp³-hybridized carbons (Fsp3) is 0.500. The van der Waals surface area contributed by atoms with Crippen LogP contribution in [-0.4, -0.2) is 53.3 Å². The van der Waals surface area contributed by atoms with Gasteiger partial charge in [-0.2, -0.15) is 0 Å². The molecule has 6 nitrogen and oxygen atoms in total. The highest BCUT2D eigenvalue weighted by Gasteiger charge is 2.18. The van der Waals surface area contributed by atoms with E-state index in [2.05, 4.69) is 4.98 Å². The van der Waals surface area contributed by atoms with E-state index in [-0.39, 0.29) is 24.9 Å². The Morgan fingerprint density at radius 3 is 2.50 bits per heavy atom. The van der Waals surface area contributed by atoms with Gasteiger partial charge in [-0.05, 0) is 26.0 Å². The second kappa shape index (κ2) is 7.59. The number of carbonyl (C=O) groups is 2. The first-order chi connectivity index (χ1) is 9.53. The first kappa shape index (κ1) is 16.1. The van der Waals surface area contributed by atoms with Gasteiger partial charge in [-0.25, -0.2) is 0 Å². The van der Waals surface area contributed by atoms with Gasteiger partial charge in [0.15, 0.2) is 0 Å². The minimum Gasteiger partial charge on any atom is -0.342 e. The average Bonchev–Trinajstić information content (AvgIpc) is 2.47. The number of nitrogens with zero attached hydrogens (tertiary/aromatic N) is 3. The highest BCUT2D eigenvalue weighted by Crippen LogP contribution is 2.05. The van der Waals surface area contributed by atoms with Gasteiger partial charge in [-0.3, -0.25) is 14.6 Å². The van der Waals surface area contributed by atoms with Crippen LogP contribution in [0.3, 0.4) is 0 Å². The molecule has 6 heteroatoms. The second-order valence-corrected chi connectivity index (χ2v) is 4.47. The van der Waals surface area contributed by atoms with E-state index < -0.39 is 0 Å². The monoisotopic (exact) mass is 278 g/mol. The van der Waals surface area contributed by atoms with Crippen LogP contribution < -0.4 is 5.73 Å². The van der Waals surface area contributed by atoms with Crippen molar-refractivity contribution in [1.82, 2.24) is 14.8 Å². The summed E-state index contributed by atoms with van der Waals surface area (Å²) in [6.07, 6.45) is 1.55. The van der Waals surface area contributed by atoms with Crippen molar-refractivity contribution in [3.05, 3.63) is 29.6 Å². The Hall–Kier alpha value is -1.95. The number of aromatic nitrogens is 1. The highest BCUT2D eigenvalue weighted by atomic mass is 16.2. The third-order valence-corrected chi connectivity index (χ3v) is 3.11. The molecule has 0 aromatic carbocycles. The van der Waals surface area contributed by atoms with Crippen molar-refractivity contribution in [2.24, 2.45) is 5.73 Å². The van der Waals surface area contributed by atoms with Gasteiger partial charge in [0.1, 0.15) is 0 Å². The zero-order valence-corrected chi connectivity index (χ0v) is 12.3. The van der Waals surface area contributed by atoms with Crippen LogP contribution in [0.2, 0.25) is 0 Å². The Kier molecular flexibility index (Phi) is 6.11. The predicted octanol–water partition coefficient (Wildman–Crippen LogP) is 0.481. The summed E-state index contributed by atoms with van der Waals surface area (Å²) < 4.78 is 0. The van der Waals surface area contributed by atoms with Crippen molar-refractivity contribution in [3.8, 4) is 0 Å². The lowest BCUT2D eigenvalue weighted by Gasteiger charge is -2.23. The van der Waals surface area contributed by atoms with Crippen LogP contribution in [0, 0.1) is 0 Å². The summed E-state index contributed by atoms with van der Waals surface area (Å²) in [5.41, 5.74) is 6.65. The van der Waals surface area contributed by atoms with Crippen molar-refractivity contribution in [3.63, 3.8) is 0 Å². The lowest BCUT2D eigenvalue weighted by atomic mass is 10.2. The Bertz CT molecular complexity index is 472. The van der Waals surface area contributed by atoms with Gasteiger partial charge in [0.25, 0.3) is 5.91 Å². The SMILES string of the molecule is CCN(CC)C(=O)CN(C)C(=O)c1ccnc(CN)c1. The maximum atomic E-state index is 12.2. The standard InChI is InChI=1S/C14H22N4O2/c1-4-18(5-2)13(19)10-17(3)14(20)11-6-7-16-12(8-11)9-15/h6-8H,4-5,9-10,15H2,1-3H3. The third kappa shape index (κ3) is 4.03. The van der Waals surface area contributed by atoms with Crippen molar-refractivity contribution >= 4 is 11.8 Å². The first-order valence-electron chi connectivity index (χ1n) is 6.71. The van der Waals surface area contributed by atoms with Crippen LogP contribution in [0.5, 0.6) is 0 Å². The fourth-order valence-electron chi connectivity index (χ4n) is 1.89. The number of rotatable bonds is 6. The maximum absolute atomic E-state index is 12.2. The van der Waals surface area contributed by atoms with E-state index in [1.165, 1.54) is 4.90 Å². The van der Waals surface area contributed by atoms with Gasteiger partial charge in [-0.15, -0.1) is 0 Å². The molecule has 0 bridgehead atoms. The lowest BCUT2D eigenvalue weighted by molar-refractivity contribution is -0.131. The molecule has 0 aliphatic heterocycles. The van der Waals surface area contributed by atoms with Gasteiger partial charge in [-0.1, -0.05) is 0 Å². The number of hydrogen-bond donors (Lipinski definition) is 1. The lowest BCUT2D eigenvalue weighted by Crippen LogP contribution is -2.41. The molecular weight excluding hydrogens is 256 g/mol. The molecule has 0 radical (unpaired) electrons. The number of hydrogen-bond acceptors (Lipinski definition) is 4. The third-order valence-electron chi connectivity index (χ3n) is 3.11. The van der Waals surface area contributed by atoms with E-state index in [1.807, 2.05) is 13.8 Å². The molecule has 0 aliphatic rings. The molecule has 0 saturated carbocycles. The summed E-state index contributed by atoms with van der Waals surface area (Å²) in [5, 5.41) is 0. The minimum atomic E-state index is -0.206. The molecule has 2 amide bonds. The number of likely N-dealkylation sites (N-methyl/N-ethyl adjacent to an activating group) is 2. The van der Waals surface area contributed by atoms with Crippen LogP contribution in [-0.2, 0) is 11.3 Å². The molecular formula is C14H22N4O2. The Morgan fingerprint density at radius 1 is 1.30 bits per heavy atom. The van der Waals surface area contributed by atoms with Crippen LogP contribution in [0.15, 0.2) is 18.3 Å². The van der Waals surface area contributed by atoms with E-state index in [9.17, 15) is 9.59 Å². The number of nitrogens with two attached hydrogens (primary N) is 1. The van der Waals surface area contributed by atoms with Crippen LogP contribution >= 0.6 is 0 Å². The van der Waals surface area contributed by atoms with Crippen LogP contribution in [0.25, 0.3) is 0 Å². The van der Waals surface area contributed by atoms with Gasteiger partial charge < -0.3 is 15.5 Å². The summed E-state index contributed by atoms with van der Waals surface area (Å²) in [6, 6.07) is 3.28. The molecule has 1 aromatic rings. The topological polar surface area (TPSA) is 79.5 Å². The summed E-state index contributed by atoms with van der Waals surface area (Å²) in [4.78, 5) is 31.4. The first-order valence-corrected chi connectivity index (χ1v) is 6.71. The number of carbonyl (C=O) groups excluding carboxylic acids is 2. The number of amides is 2. The molecule has 0 atom stereocenters. The molecule has 0 fully saturated rings. The molecule has 0 saturated heterocycles. The molecule has 0 spiro atoms. The second-order valence-electron chi connectivity index (χ2n) is 4.47. The fourth-order valence-corrected chi connectivity index (χ4v) is 1.89. The van der Waals surface area contributed by atoms with Crippen molar-refractivity contribution in [1.29, 1.82) is 0 Å². The molecule has 1 heterocycles. The Morgan fingerprint density at radius 2 is 1.95 bits per heavy atom. The molecule has 1 aromatic heterocycles. The minimum absolute atomic E-state index is 0.0565. The van der Waals surface area contributed by atoms with Crippen LogP contribution in [0.1, 0.15) is 29.9 Å². The van der Waals surface area contributed by atoms with Gasteiger partial charge in [0.05, 0.1) is 12.2 Å². The van der Waals surface area contributed by atoms with Crippen molar-refractivity contribution in [2.45, 2.75) is 20.4 Å². The van der Waals surface area contributed by atoms with Crippen LogP contribution in [0.4, 0.5) is 0 Å². The Balaban J connectivity index is 2.73. The van der Waals surface area contributed by atoms with E-state index >= 15 is 0 Å². The zero-order chi connectivity index (χ0) is 15.1. The largest absolute Gasteiger partial charge is 0.342 e. The molecule has 2 N–H and O–H groups in total. The van der Waals surface area contributed by atoms with E-state index in [0.29, 0.717) is 24.3 Å². The van der Waals surface area contributed by atoms with E-state index in [1.54, 1.807) is 30.3 Å². The van der Waals surface area contributed by atoms with Gasteiger partial charge >= 0.3 is 0 Å². The Labute approximate surface area is 119 Å². The summed E-state index contributed by atoms with van der Waals surface area (Å²) in [6.45, 7) is 5.47.